The number of hydrogen-bond donors (Lipinski definition) is 15. The van der Waals surface area contributed by atoms with Gasteiger partial charge in [0, 0.05) is 103 Å². The quantitative estimate of drug-likeness (QED) is 0.0203. The molecule has 97 heavy (non-hydrogen) atoms. The molecular formula is C61H97FN12O22Si. The normalized spacial score (nSPS) is 15.5. The molecule has 1 aliphatic heterocycles. The minimum Gasteiger partial charge on any atom is -0.481 e. The summed E-state index contributed by atoms with van der Waals surface area (Å²) in [6.07, 6.45) is -2.96. The molecule has 0 unspecified atom stereocenters. The first-order chi connectivity index (χ1) is 45.2. The Hall–Kier alpha value is -8.74. The average Bonchev–Trinajstić information content (AvgIpc) is 0.749. The lowest BCUT2D eigenvalue weighted by atomic mass is 10.1. The molecule has 0 bridgehead atoms. The van der Waals surface area contributed by atoms with Crippen LogP contribution >= 0.6 is 0 Å². The van der Waals surface area contributed by atoms with Crippen LogP contribution in [0.2, 0.25) is 10.1 Å². The van der Waals surface area contributed by atoms with Gasteiger partial charge in [0.1, 0.15) is 36.0 Å². The van der Waals surface area contributed by atoms with Gasteiger partial charge in [-0.2, -0.15) is 0 Å². The van der Waals surface area contributed by atoms with Crippen molar-refractivity contribution in [1.82, 2.24) is 62.1 Å². The predicted octanol–water partition coefficient (Wildman–Crippen LogP) is -1.44. The van der Waals surface area contributed by atoms with Gasteiger partial charge in [0.05, 0.1) is 26.2 Å². The summed E-state index contributed by atoms with van der Waals surface area (Å²) >= 11 is 0. The van der Waals surface area contributed by atoms with Crippen LogP contribution in [0.15, 0.2) is 24.3 Å². The van der Waals surface area contributed by atoms with Crippen LogP contribution in [0.25, 0.3) is 0 Å². The molecule has 0 aliphatic carbocycles. The number of urea groups is 1. The number of nitrogens with one attached hydrogen (secondary N) is 8. The van der Waals surface area contributed by atoms with Gasteiger partial charge in [-0.1, -0.05) is 53.7 Å². The Morgan fingerprint density at radius 2 is 0.825 bits per heavy atom. The van der Waals surface area contributed by atoms with Crippen LogP contribution < -0.4 is 47.7 Å². The van der Waals surface area contributed by atoms with Gasteiger partial charge in [0.25, 0.3) is 14.3 Å². The summed E-state index contributed by atoms with van der Waals surface area (Å²) < 4.78 is 17.1. The molecule has 15 N–H and O–H groups in total. The predicted molar refractivity (Wildman–Crippen MR) is 346 cm³/mol. The molecule has 1 heterocycles. The Morgan fingerprint density at radius 3 is 1.25 bits per heavy atom. The summed E-state index contributed by atoms with van der Waals surface area (Å²) in [5, 5.41) is 84.7. The molecular weight excluding hydrogens is 1300 g/mol. The highest BCUT2D eigenvalue weighted by Gasteiger charge is 2.56. The van der Waals surface area contributed by atoms with E-state index in [-0.39, 0.29) is 141 Å². The van der Waals surface area contributed by atoms with Crippen LogP contribution in [-0.4, -0.2) is 281 Å². The van der Waals surface area contributed by atoms with Crippen LogP contribution in [0.3, 0.4) is 0 Å². The van der Waals surface area contributed by atoms with Gasteiger partial charge < -0.3 is 82.4 Å². The van der Waals surface area contributed by atoms with Crippen molar-refractivity contribution in [2.75, 3.05) is 98.2 Å². The summed E-state index contributed by atoms with van der Waals surface area (Å²) in [5.74, 6) is -14.5. The van der Waals surface area contributed by atoms with Crippen LogP contribution in [0.5, 0.6) is 0 Å². The Bertz CT molecular complexity index is 2870. The van der Waals surface area contributed by atoms with Crippen molar-refractivity contribution >= 4 is 103 Å². The third kappa shape index (κ3) is 32.2. The monoisotopic (exact) mass is 1400 g/mol. The minimum atomic E-state index is -3.73. The molecule has 8 amide bonds. The number of hydrogen-bond acceptors (Lipinski definition) is 19. The highest BCUT2D eigenvalue weighted by molar-refractivity contribution is 6.90. The van der Waals surface area contributed by atoms with E-state index in [0.717, 1.165) is 0 Å². The number of carboxylic acids is 7. The number of carbonyl (C=O) groups is 15. The Labute approximate surface area is 562 Å². The molecule has 1 saturated heterocycles. The fourth-order valence-corrected chi connectivity index (χ4v) is 15.4. The maximum Gasteiger partial charge on any atom is 0.326 e. The van der Waals surface area contributed by atoms with Crippen molar-refractivity contribution in [3.63, 3.8) is 0 Å². The SMILES string of the molecule is CC(=O)CN1CCN(CC(=O)O)CCN(CC(=O)N[C@H](CNC(=O)c2ccc([Si](F)(C(C)(C)C)C(C)(C)C)cc2)C(=O)N[C@H](CCCCNC(=O)CCC(=O)NCCC[C@@H](NC(=O)CC[C@H](NC(=O)N[C@@H](CCC(=O)O)C(=O)O)C(=O)O)C(=O)O)C(=O)O)CCN(CC(=O)O)CC1. The first kappa shape index (κ1) is 84.3. The number of carbonyl (C=O) groups excluding carboxylic acids is 8. The van der Waals surface area contributed by atoms with Crippen molar-refractivity contribution in [2.45, 2.75) is 159 Å². The molecule has 0 saturated carbocycles. The van der Waals surface area contributed by atoms with E-state index in [0.29, 0.717) is 5.19 Å². The molecule has 36 heteroatoms. The van der Waals surface area contributed by atoms with E-state index in [1.54, 1.807) is 31.7 Å². The number of aliphatic carboxylic acids is 7. The topological polar surface area (TPSA) is 507 Å². The van der Waals surface area contributed by atoms with Crippen molar-refractivity contribution in [3.8, 4) is 0 Å². The van der Waals surface area contributed by atoms with E-state index < -0.39 is 171 Å². The summed E-state index contributed by atoms with van der Waals surface area (Å²) in [4.78, 5) is 193. The number of ketones is 1. The molecule has 0 spiro atoms. The first-order valence-corrected chi connectivity index (χ1v) is 33.6. The molecule has 1 aromatic carbocycles. The Balaban J connectivity index is 2.11. The molecule has 1 aromatic rings. The van der Waals surface area contributed by atoms with Crippen LogP contribution in [0, 0.1) is 0 Å². The van der Waals surface area contributed by atoms with E-state index in [2.05, 4.69) is 31.9 Å². The highest BCUT2D eigenvalue weighted by atomic mass is 28.4. The molecule has 1 fully saturated rings. The molecule has 544 valence electrons. The maximum atomic E-state index is 17.1. The molecule has 0 radical (unpaired) electrons. The second-order valence-electron chi connectivity index (χ2n) is 25.7. The summed E-state index contributed by atoms with van der Waals surface area (Å²) in [5.41, 5.74) is 0.0878. The van der Waals surface area contributed by atoms with Crippen LogP contribution in [0.4, 0.5) is 8.90 Å². The van der Waals surface area contributed by atoms with Gasteiger partial charge in [0.15, 0.2) is 0 Å². The zero-order valence-corrected chi connectivity index (χ0v) is 57.0. The fourth-order valence-electron chi connectivity index (χ4n) is 10.8. The lowest BCUT2D eigenvalue weighted by Crippen LogP contribution is -2.58. The van der Waals surface area contributed by atoms with Crippen molar-refractivity contribution in [2.24, 2.45) is 0 Å². The van der Waals surface area contributed by atoms with Crippen LogP contribution in [-0.2, 0) is 62.3 Å². The van der Waals surface area contributed by atoms with E-state index in [9.17, 15) is 103 Å². The van der Waals surface area contributed by atoms with Crippen molar-refractivity contribution in [3.05, 3.63) is 29.8 Å². The van der Waals surface area contributed by atoms with E-state index in [4.69, 9.17) is 5.11 Å². The van der Waals surface area contributed by atoms with E-state index >= 15 is 4.11 Å². The summed E-state index contributed by atoms with van der Waals surface area (Å²) in [7, 11) is -3.73. The first-order valence-electron chi connectivity index (χ1n) is 31.7. The minimum absolute atomic E-state index is 0.0127. The fraction of sp³-hybridized carbons (Fsp3) is 0.656. The number of nitrogens with zero attached hydrogens (tertiary/aromatic N) is 4. The zero-order valence-electron chi connectivity index (χ0n) is 56.0. The number of carboxylic acid groups (broad SMARTS) is 7. The maximum absolute atomic E-state index is 17.1. The molecule has 0 aromatic heterocycles. The third-order valence-electron chi connectivity index (χ3n) is 15.8. The smallest absolute Gasteiger partial charge is 0.326 e. The number of benzene rings is 1. The molecule has 2 rings (SSSR count). The number of amides is 8. The van der Waals surface area contributed by atoms with E-state index in [1.807, 2.05) is 52.2 Å². The molecule has 5 atom stereocenters. The van der Waals surface area contributed by atoms with Gasteiger partial charge in [-0.25, -0.2) is 24.0 Å². The second-order valence-corrected chi connectivity index (χ2v) is 30.6. The standard InChI is InChI=1S/C61H97FN12O22Si/c1-38(75)34-71-25-29-73(36-51(82)83)31-27-72(28-32-74(30-26-71)37-52(84)85)35-49(79)67-45(33-65-53(86)39-13-15-40(16-14-39)97(62,60(2,3)4)61(5,6)7)54(87)68-42(56(90)91)11-8-9-23-63-46(76)20-21-47(77)64-24-10-12-41(55(88)89)66-48(78)19-17-43(57(92)93)69-59(96)70-44(58(94)95)18-22-50(80)81/h13-16,41-45H,8-12,17-37H2,1-7H3,(H,63,76)(H,64,77)(H,65,86)(H,66,78)(H,67,79)(H,68,87)(H,80,81)(H,82,83)(H,84,85)(H,88,89)(H,90,91)(H,92,93)(H,94,95)(H2,69,70,96)/t41-,42-,43+,44+,45-/m1/s1. The van der Waals surface area contributed by atoms with Gasteiger partial charge >= 0.3 is 47.8 Å². The van der Waals surface area contributed by atoms with Crippen molar-refractivity contribution in [1.29, 1.82) is 0 Å². The van der Waals surface area contributed by atoms with Gasteiger partial charge in [-0.3, -0.25) is 67.5 Å². The largest absolute Gasteiger partial charge is 0.481 e. The average molecular weight is 1400 g/mol. The van der Waals surface area contributed by atoms with Crippen molar-refractivity contribution < 1.29 is 112 Å². The highest BCUT2D eigenvalue weighted by Crippen LogP contribution is 2.51. The number of halogens is 1. The second kappa shape index (κ2) is 41.4. The number of unbranched alkanes of at least 4 members (excludes halogenated alkanes) is 1. The lowest BCUT2D eigenvalue weighted by Gasteiger charge is -2.44. The van der Waals surface area contributed by atoms with Gasteiger partial charge in [-0.05, 0) is 79.3 Å². The summed E-state index contributed by atoms with van der Waals surface area (Å²) in [6.45, 7) is 11.9. The zero-order chi connectivity index (χ0) is 73.4. The Morgan fingerprint density at radius 1 is 0.433 bits per heavy atom. The van der Waals surface area contributed by atoms with Gasteiger partial charge in [-0.15, -0.1) is 0 Å². The third-order valence-corrected chi connectivity index (χ3v) is 21.0. The Kier molecular flexibility index (Phi) is 36.0. The van der Waals surface area contributed by atoms with E-state index in [1.165, 1.54) is 19.1 Å². The number of Topliss-reactive ketones (excluding diaryl/α,β-unsaturated/α-hetero) is 1. The number of rotatable bonds is 40. The van der Waals surface area contributed by atoms with Gasteiger partial charge in [0.2, 0.25) is 29.5 Å². The summed E-state index contributed by atoms with van der Waals surface area (Å²) in [6, 6.07) is -3.36. The van der Waals surface area contributed by atoms with Crippen LogP contribution in [0.1, 0.15) is 129 Å². The molecule has 34 nitrogen and oxygen atoms in total. The lowest BCUT2D eigenvalue weighted by molar-refractivity contribution is -0.143. The molecule has 1 aliphatic rings.